The predicted octanol–water partition coefficient (Wildman–Crippen LogP) is 2.35. The summed E-state index contributed by atoms with van der Waals surface area (Å²) in [6.07, 6.45) is 0.210. The molecule has 0 radical (unpaired) electrons. The van der Waals surface area contributed by atoms with Gasteiger partial charge in [-0.25, -0.2) is 0 Å². The van der Waals surface area contributed by atoms with Crippen molar-refractivity contribution in [2.24, 2.45) is 0 Å². The number of carbonyl (C=O) groups excluding carboxylic acids is 1. The van der Waals surface area contributed by atoms with Gasteiger partial charge in [-0.15, -0.1) is 0 Å². The van der Waals surface area contributed by atoms with Crippen molar-refractivity contribution in [3.63, 3.8) is 0 Å². The Morgan fingerprint density at radius 1 is 1.03 bits per heavy atom. The summed E-state index contributed by atoms with van der Waals surface area (Å²) < 4.78 is 47.1. The number of piperidine rings is 1. The molecule has 4 heterocycles. The highest BCUT2D eigenvalue weighted by atomic mass is 32.2. The molecule has 4 atom stereocenters. The van der Waals surface area contributed by atoms with Gasteiger partial charge in [0, 0.05) is 38.2 Å². The number of fused-ring (bicyclic) bond motifs is 2. The molecule has 0 aromatic heterocycles. The lowest BCUT2D eigenvalue weighted by Gasteiger charge is -2.46. The fourth-order valence-corrected chi connectivity index (χ4v) is 6.20. The Hall–Kier alpha value is -2.66. The van der Waals surface area contributed by atoms with Crippen LogP contribution in [-0.4, -0.2) is 81.2 Å². The Morgan fingerprint density at radius 3 is 2.46 bits per heavy atom. The van der Waals surface area contributed by atoms with Crippen LogP contribution in [-0.2, 0) is 19.7 Å². The van der Waals surface area contributed by atoms with Gasteiger partial charge in [0.2, 0.25) is 0 Å². The Kier molecular flexibility index (Phi) is 6.47. The Balaban J connectivity index is 1.26. The molecule has 2 aromatic rings. The third kappa shape index (κ3) is 5.02. The number of amides is 1. The number of anilines is 1. The van der Waals surface area contributed by atoms with Crippen molar-refractivity contribution in [1.82, 2.24) is 9.21 Å². The van der Waals surface area contributed by atoms with Crippen LogP contribution in [0.5, 0.6) is 5.75 Å². The van der Waals surface area contributed by atoms with Crippen LogP contribution in [0.4, 0.5) is 5.69 Å². The normalized spacial score (nSPS) is 26.3. The summed E-state index contributed by atoms with van der Waals surface area (Å²) >= 11 is 0. The number of benzene rings is 2. The van der Waals surface area contributed by atoms with Crippen molar-refractivity contribution in [2.75, 3.05) is 38.0 Å². The maximum Gasteiger partial charge on any atom is 0.301 e. The lowest BCUT2D eigenvalue weighted by atomic mass is 10.0. The summed E-state index contributed by atoms with van der Waals surface area (Å²) in [5.74, 6) is 0.451. The van der Waals surface area contributed by atoms with E-state index in [0.717, 1.165) is 17.5 Å². The number of ether oxygens (including phenoxy) is 3. The first-order valence-electron chi connectivity index (χ1n) is 11.8. The van der Waals surface area contributed by atoms with Crippen LogP contribution < -0.4 is 9.46 Å². The molecule has 2 unspecified atom stereocenters. The first-order chi connectivity index (χ1) is 16.7. The van der Waals surface area contributed by atoms with Crippen molar-refractivity contribution >= 4 is 21.8 Å². The number of carbonyl (C=O) groups is 1. The van der Waals surface area contributed by atoms with Crippen LogP contribution in [0, 0.1) is 13.8 Å². The molecular formula is C25H31N3O6S. The van der Waals surface area contributed by atoms with Gasteiger partial charge < -0.3 is 19.1 Å². The first-order valence-corrected chi connectivity index (χ1v) is 13.3. The van der Waals surface area contributed by atoms with Gasteiger partial charge in [-0.2, -0.15) is 12.7 Å². The van der Waals surface area contributed by atoms with Gasteiger partial charge in [0.15, 0.2) is 0 Å². The average molecular weight is 502 g/mol. The molecule has 2 aromatic carbocycles. The third-order valence-electron chi connectivity index (χ3n) is 6.86. The number of hydrogen-bond acceptors (Lipinski definition) is 6. The number of aryl methyl sites for hydroxylation is 2. The second-order valence-corrected chi connectivity index (χ2v) is 11.2. The molecule has 4 saturated heterocycles. The quantitative estimate of drug-likeness (QED) is 0.626. The maximum absolute atomic E-state index is 13.2. The minimum Gasteiger partial charge on any atom is -0.486 e. The zero-order valence-electron chi connectivity index (χ0n) is 20.1. The topological polar surface area (TPSA) is 97.4 Å². The van der Waals surface area contributed by atoms with Crippen LogP contribution in [0.3, 0.4) is 0 Å². The second kappa shape index (κ2) is 9.42. The molecule has 4 aliphatic heterocycles. The molecule has 4 aliphatic rings. The summed E-state index contributed by atoms with van der Waals surface area (Å²) in [4.78, 5) is 14.9. The zero-order valence-corrected chi connectivity index (χ0v) is 21.0. The number of rotatable bonds is 7. The van der Waals surface area contributed by atoms with Crippen LogP contribution in [0.2, 0.25) is 0 Å². The number of morpholine rings is 1. The molecule has 1 N–H and O–H groups in total. The van der Waals surface area contributed by atoms with E-state index in [0.29, 0.717) is 43.2 Å². The highest BCUT2D eigenvalue weighted by Crippen LogP contribution is 2.31. The molecule has 0 aliphatic carbocycles. The van der Waals surface area contributed by atoms with Crippen molar-refractivity contribution in [1.29, 1.82) is 0 Å². The standard InChI is InChI=1S/C25H31N3O6S/c1-16-7-8-17(2)22(9-16)25(29)27-14-23(32-3)24(15-27)34-19-6-4-5-18(10-19)26-35(30,31)28-12-20-11-21(13-28)33-20/h4-10,20-21,23-24,26H,11-15H2,1-3H3/t20-,21+,23?,24?. The van der Waals surface area contributed by atoms with Crippen molar-refractivity contribution in [3.8, 4) is 5.75 Å². The number of methoxy groups -OCH3 is 1. The van der Waals surface area contributed by atoms with E-state index in [4.69, 9.17) is 14.2 Å². The van der Waals surface area contributed by atoms with Crippen LogP contribution in [0.25, 0.3) is 0 Å². The molecule has 4 fully saturated rings. The predicted molar refractivity (Wildman–Crippen MR) is 131 cm³/mol. The summed E-state index contributed by atoms with van der Waals surface area (Å²) in [7, 11) is -2.08. The monoisotopic (exact) mass is 501 g/mol. The smallest absolute Gasteiger partial charge is 0.301 e. The molecule has 6 rings (SSSR count). The summed E-state index contributed by atoms with van der Waals surface area (Å²) in [5.41, 5.74) is 3.05. The molecule has 10 heteroatoms. The van der Waals surface area contributed by atoms with Gasteiger partial charge in [-0.3, -0.25) is 9.52 Å². The van der Waals surface area contributed by atoms with E-state index < -0.39 is 10.2 Å². The molecule has 188 valence electrons. The molecule has 1 amide bonds. The van der Waals surface area contributed by atoms with Gasteiger partial charge in [0.05, 0.1) is 31.0 Å². The Bertz CT molecular complexity index is 1200. The van der Waals surface area contributed by atoms with E-state index in [1.807, 2.05) is 32.0 Å². The highest BCUT2D eigenvalue weighted by molar-refractivity contribution is 7.90. The van der Waals surface area contributed by atoms with Crippen molar-refractivity contribution in [2.45, 2.75) is 44.7 Å². The fraction of sp³-hybridized carbons (Fsp3) is 0.480. The van der Waals surface area contributed by atoms with Crippen LogP contribution in [0.1, 0.15) is 27.9 Å². The lowest BCUT2D eigenvalue weighted by Crippen LogP contribution is -2.59. The molecule has 0 spiro atoms. The lowest BCUT2D eigenvalue weighted by molar-refractivity contribution is -0.164. The van der Waals surface area contributed by atoms with Crippen LogP contribution >= 0.6 is 0 Å². The maximum atomic E-state index is 13.2. The van der Waals surface area contributed by atoms with E-state index in [9.17, 15) is 13.2 Å². The number of nitrogens with zero attached hydrogens (tertiary/aromatic N) is 2. The van der Waals surface area contributed by atoms with E-state index in [1.54, 1.807) is 36.3 Å². The number of nitrogens with one attached hydrogen (secondary N) is 1. The summed E-state index contributed by atoms with van der Waals surface area (Å²) in [6, 6.07) is 12.7. The van der Waals surface area contributed by atoms with Crippen molar-refractivity contribution < 1.29 is 27.4 Å². The molecule has 0 saturated carbocycles. The van der Waals surface area contributed by atoms with E-state index in [1.165, 1.54) is 4.31 Å². The van der Waals surface area contributed by atoms with Gasteiger partial charge in [-0.1, -0.05) is 23.8 Å². The van der Waals surface area contributed by atoms with E-state index >= 15 is 0 Å². The van der Waals surface area contributed by atoms with E-state index in [-0.39, 0.29) is 30.3 Å². The van der Waals surface area contributed by atoms with Crippen molar-refractivity contribution in [3.05, 3.63) is 59.2 Å². The largest absolute Gasteiger partial charge is 0.486 e. The van der Waals surface area contributed by atoms with Gasteiger partial charge in [0.1, 0.15) is 18.0 Å². The third-order valence-corrected chi connectivity index (χ3v) is 8.33. The van der Waals surface area contributed by atoms with Gasteiger partial charge in [0.25, 0.3) is 5.91 Å². The Labute approximate surface area is 206 Å². The SMILES string of the molecule is COC1CN(C(=O)c2cc(C)ccc2C)CC1Oc1cccc(NS(=O)(=O)N2C[C@H]3C[C@@H](C2)O3)c1. The second-order valence-electron chi connectivity index (χ2n) is 9.53. The van der Waals surface area contributed by atoms with Gasteiger partial charge >= 0.3 is 10.2 Å². The Morgan fingerprint density at radius 2 is 1.74 bits per heavy atom. The summed E-state index contributed by atoms with van der Waals surface area (Å²) in [6.45, 7) is 5.41. The molecule has 35 heavy (non-hydrogen) atoms. The first kappa shape index (κ1) is 24.1. The van der Waals surface area contributed by atoms with Crippen LogP contribution in [0.15, 0.2) is 42.5 Å². The zero-order chi connectivity index (χ0) is 24.7. The molecular weight excluding hydrogens is 470 g/mol. The summed E-state index contributed by atoms with van der Waals surface area (Å²) in [5, 5.41) is 0. The minimum absolute atomic E-state index is 0.0115. The minimum atomic E-state index is -3.69. The fourth-order valence-electron chi connectivity index (χ4n) is 4.92. The van der Waals surface area contributed by atoms with E-state index in [2.05, 4.69) is 4.72 Å². The number of likely N-dealkylation sites (tertiary alicyclic amines) is 1. The average Bonchev–Trinajstić information content (AvgIpc) is 3.22. The molecule has 2 bridgehead atoms. The highest BCUT2D eigenvalue weighted by Gasteiger charge is 2.43. The van der Waals surface area contributed by atoms with Gasteiger partial charge in [-0.05, 0) is 37.6 Å². The molecule has 9 nitrogen and oxygen atoms in total. The number of hydrogen-bond donors (Lipinski definition) is 1.